The van der Waals surface area contributed by atoms with Crippen LogP contribution in [0.2, 0.25) is 0 Å². The lowest BCUT2D eigenvalue weighted by Gasteiger charge is -2.26. The van der Waals surface area contributed by atoms with Crippen LogP contribution in [0.25, 0.3) is 0 Å². The quantitative estimate of drug-likeness (QED) is 0.579. The molecule has 1 aromatic heterocycles. The average molecular weight is 415 g/mol. The van der Waals surface area contributed by atoms with Crippen molar-refractivity contribution < 1.29 is 24.2 Å². The van der Waals surface area contributed by atoms with Gasteiger partial charge in [0.25, 0.3) is 0 Å². The van der Waals surface area contributed by atoms with Gasteiger partial charge in [-0.1, -0.05) is 36.4 Å². The first kappa shape index (κ1) is 23.3. The third-order valence-electron chi connectivity index (χ3n) is 4.17. The van der Waals surface area contributed by atoms with Crippen molar-refractivity contribution in [3.05, 3.63) is 60.3 Å². The minimum atomic E-state index is -1.35. The van der Waals surface area contributed by atoms with Crippen molar-refractivity contribution in [2.45, 2.75) is 57.8 Å². The van der Waals surface area contributed by atoms with Crippen molar-refractivity contribution in [1.82, 2.24) is 10.3 Å². The number of rotatable bonds is 10. The van der Waals surface area contributed by atoms with E-state index in [1.807, 2.05) is 36.4 Å². The number of alkyl carbamates (subject to hydrolysis) is 1. The third-order valence-corrected chi connectivity index (χ3v) is 4.17. The van der Waals surface area contributed by atoms with Crippen LogP contribution in [0, 0.1) is 0 Å². The number of hydrogen-bond acceptors (Lipinski definition) is 6. The maximum atomic E-state index is 12.5. The molecule has 162 valence electrons. The Hall–Kier alpha value is -2.93. The third kappa shape index (κ3) is 8.61. The fourth-order valence-corrected chi connectivity index (χ4v) is 2.80. The average Bonchev–Trinajstić information content (AvgIpc) is 2.70. The number of aromatic nitrogens is 1. The molecule has 0 radical (unpaired) electrons. The van der Waals surface area contributed by atoms with Crippen LogP contribution in [0.5, 0.6) is 5.88 Å². The smallest absolute Gasteiger partial charge is 0.407 e. The van der Waals surface area contributed by atoms with Gasteiger partial charge in [-0.2, -0.15) is 0 Å². The summed E-state index contributed by atoms with van der Waals surface area (Å²) >= 11 is 0. The summed E-state index contributed by atoms with van der Waals surface area (Å²) in [5, 5.41) is 13.3. The Morgan fingerprint density at radius 2 is 1.80 bits per heavy atom. The Bertz CT molecular complexity index is 790. The maximum absolute atomic E-state index is 12.5. The summed E-state index contributed by atoms with van der Waals surface area (Å²) in [5.74, 6) is 0.121. The van der Waals surface area contributed by atoms with Crippen molar-refractivity contribution >= 4 is 11.9 Å². The van der Waals surface area contributed by atoms with Crippen LogP contribution in [0.4, 0.5) is 4.79 Å². The number of benzene rings is 1. The highest BCUT2D eigenvalue weighted by Gasteiger charge is 2.29. The number of nitrogens with zero attached hydrogens (tertiary/aromatic N) is 1. The van der Waals surface area contributed by atoms with E-state index in [9.17, 15) is 14.7 Å². The molecule has 0 fully saturated rings. The molecule has 0 saturated carbocycles. The minimum absolute atomic E-state index is 0.120. The fraction of sp³-hybridized carbons (Fsp3) is 0.435. The van der Waals surface area contributed by atoms with E-state index in [1.165, 1.54) is 0 Å². The van der Waals surface area contributed by atoms with Crippen LogP contribution in [0.1, 0.15) is 39.2 Å². The summed E-state index contributed by atoms with van der Waals surface area (Å²) in [6, 6.07) is 13.9. The zero-order valence-electron chi connectivity index (χ0n) is 17.7. The highest BCUT2D eigenvalue weighted by atomic mass is 16.6. The Morgan fingerprint density at radius 3 is 2.43 bits per heavy atom. The van der Waals surface area contributed by atoms with Crippen molar-refractivity contribution in [3.8, 4) is 5.88 Å². The van der Waals surface area contributed by atoms with E-state index in [1.54, 1.807) is 39.1 Å². The highest BCUT2D eigenvalue weighted by molar-refractivity contribution is 5.84. The van der Waals surface area contributed by atoms with E-state index in [2.05, 4.69) is 10.3 Å². The number of Topliss-reactive ketones (excluding diaryl/α,β-unsaturated/α-hetero) is 1. The molecule has 0 aliphatic carbocycles. The lowest BCUT2D eigenvalue weighted by Crippen LogP contribution is -2.49. The topological polar surface area (TPSA) is 97.8 Å². The van der Waals surface area contributed by atoms with Crippen LogP contribution < -0.4 is 10.1 Å². The minimum Gasteiger partial charge on any atom is -0.478 e. The van der Waals surface area contributed by atoms with Gasteiger partial charge in [-0.15, -0.1) is 0 Å². The first-order valence-corrected chi connectivity index (χ1v) is 10.0. The molecule has 1 aromatic carbocycles. The second-order valence-corrected chi connectivity index (χ2v) is 7.97. The molecule has 2 N–H and O–H groups in total. The molecule has 0 aliphatic rings. The van der Waals surface area contributed by atoms with E-state index in [4.69, 9.17) is 9.47 Å². The van der Waals surface area contributed by atoms with Crippen molar-refractivity contribution in [3.63, 3.8) is 0 Å². The second-order valence-electron chi connectivity index (χ2n) is 7.97. The standard InChI is InChI=1S/C23H30N2O5/c1-23(2,3)30-22(28)25-18(16-17-10-5-4-6-11-17)21(27)19(26)12-9-15-29-20-13-7-8-14-24-20/h4-8,10-11,13-14,18,21,27H,9,12,15-16H2,1-3H3,(H,25,28)/t18-,21+/m0/s1. The molecule has 0 aliphatic heterocycles. The van der Waals surface area contributed by atoms with Gasteiger partial charge in [0.2, 0.25) is 5.88 Å². The molecule has 7 heteroatoms. The molecular formula is C23H30N2O5. The Labute approximate surface area is 177 Å². The van der Waals surface area contributed by atoms with E-state index in [-0.39, 0.29) is 12.2 Å². The Morgan fingerprint density at radius 1 is 1.10 bits per heavy atom. The molecule has 1 heterocycles. The Balaban J connectivity index is 1.93. The number of ether oxygens (including phenoxy) is 2. The first-order chi connectivity index (χ1) is 14.2. The van der Waals surface area contributed by atoms with Gasteiger partial charge in [-0.3, -0.25) is 4.79 Å². The molecule has 0 unspecified atom stereocenters. The van der Waals surface area contributed by atoms with E-state index in [0.29, 0.717) is 25.3 Å². The van der Waals surface area contributed by atoms with Gasteiger partial charge in [0, 0.05) is 18.7 Å². The summed E-state index contributed by atoms with van der Waals surface area (Å²) in [5.41, 5.74) is 0.211. The van der Waals surface area contributed by atoms with Gasteiger partial charge >= 0.3 is 6.09 Å². The predicted molar refractivity (Wildman–Crippen MR) is 113 cm³/mol. The molecule has 1 amide bonds. The van der Waals surface area contributed by atoms with Crippen LogP contribution in [-0.2, 0) is 16.0 Å². The fourth-order valence-electron chi connectivity index (χ4n) is 2.80. The van der Waals surface area contributed by atoms with Gasteiger partial charge in [-0.25, -0.2) is 9.78 Å². The number of ketones is 1. The van der Waals surface area contributed by atoms with Gasteiger partial charge < -0.3 is 19.9 Å². The van der Waals surface area contributed by atoms with Gasteiger partial charge in [0.15, 0.2) is 5.78 Å². The Kier molecular flexibility index (Phi) is 8.80. The molecule has 0 spiro atoms. The van der Waals surface area contributed by atoms with Gasteiger partial charge in [0.1, 0.15) is 11.7 Å². The summed E-state index contributed by atoms with van der Waals surface area (Å²) in [6.07, 6.45) is 0.450. The number of nitrogens with one attached hydrogen (secondary N) is 1. The molecule has 2 aromatic rings. The number of carbonyl (C=O) groups excluding carboxylic acids is 2. The normalized spacial score (nSPS) is 13.2. The van der Waals surface area contributed by atoms with E-state index >= 15 is 0 Å². The van der Waals surface area contributed by atoms with E-state index in [0.717, 1.165) is 5.56 Å². The molecule has 2 atom stereocenters. The zero-order valence-corrected chi connectivity index (χ0v) is 17.7. The van der Waals surface area contributed by atoms with Crippen LogP contribution in [0.15, 0.2) is 54.7 Å². The lowest BCUT2D eigenvalue weighted by atomic mass is 9.97. The molecule has 2 rings (SSSR count). The van der Waals surface area contributed by atoms with E-state index < -0.39 is 23.8 Å². The molecule has 0 saturated heterocycles. The predicted octanol–water partition coefficient (Wildman–Crippen LogP) is 3.31. The summed E-state index contributed by atoms with van der Waals surface area (Å²) in [7, 11) is 0. The van der Waals surface area contributed by atoms with Crippen molar-refractivity contribution in [2.24, 2.45) is 0 Å². The summed E-state index contributed by atoms with van der Waals surface area (Å²) in [4.78, 5) is 28.8. The summed E-state index contributed by atoms with van der Waals surface area (Å²) in [6.45, 7) is 5.56. The summed E-state index contributed by atoms with van der Waals surface area (Å²) < 4.78 is 10.8. The van der Waals surface area contributed by atoms with Crippen molar-refractivity contribution in [2.75, 3.05) is 6.61 Å². The van der Waals surface area contributed by atoms with Gasteiger partial charge in [-0.05, 0) is 45.2 Å². The SMILES string of the molecule is CC(C)(C)OC(=O)N[C@@H](Cc1ccccc1)[C@@H](O)C(=O)CCCOc1ccccn1. The van der Waals surface area contributed by atoms with Gasteiger partial charge in [0.05, 0.1) is 12.6 Å². The largest absolute Gasteiger partial charge is 0.478 e. The molecule has 7 nitrogen and oxygen atoms in total. The van der Waals surface area contributed by atoms with Crippen molar-refractivity contribution in [1.29, 1.82) is 0 Å². The maximum Gasteiger partial charge on any atom is 0.407 e. The monoisotopic (exact) mass is 414 g/mol. The molecular weight excluding hydrogens is 384 g/mol. The number of amides is 1. The number of aliphatic hydroxyl groups is 1. The van der Waals surface area contributed by atoms with Crippen LogP contribution >= 0.6 is 0 Å². The highest BCUT2D eigenvalue weighted by Crippen LogP contribution is 2.12. The second kappa shape index (κ2) is 11.3. The first-order valence-electron chi connectivity index (χ1n) is 10.0. The zero-order chi connectivity index (χ0) is 22.0. The number of aliphatic hydroxyl groups excluding tert-OH is 1. The number of hydrogen-bond donors (Lipinski definition) is 2. The molecule has 0 bridgehead atoms. The van der Waals surface area contributed by atoms with Crippen LogP contribution in [0.3, 0.4) is 0 Å². The molecule has 30 heavy (non-hydrogen) atoms. The van der Waals surface area contributed by atoms with Crippen LogP contribution in [-0.4, -0.2) is 46.3 Å². The number of pyridine rings is 1. The lowest BCUT2D eigenvalue weighted by molar-refractivity contribution is -0.128. The number of carbonyl (C=O) groups is 2.